The first-order valence-electron chi connectivity index (χ1n) is 6.33. The van der Waals surface area contributed by atoms with E-state index in [-0.39, 0.29) is 11.4 Å². The Kier molecular flexibility index (Phi) is 2.36. The Bertz CT molecular complexity index is 267. The van der Waals surface area contributed by atoms with Crippen molar-refractivity contribution in [2.45, 2.75) is 43.5 Å². The molecule has 0 spiro atoms. The van der Waals surface area contributed by atoms with E-state index in [1.54, 1.807) is 14.2 Å². The van der Waals surface area contributed by atoms with Crippen molar-refractivity contribution in [2.24, 2.45) is 17.8 Å². The van der Waals surface area contributed by atoms with Gasteiger partial charge in [0.1, 0.15) is 0 Å². The molecule has 4 rings (SSSR count). The van der Waals surface area contributed by atoms with Gasteiger partial charge in [0.15, 0.2) is 5.79 Å². The smallest absolute Gasteiger partial charge is 0.173 e. The molecule has 0 amide bonds. The topological polar surface area (TPSA) is 27.7 Å². The minimum absolute atomic E-state index is 0.136. The molecule has 3 nitrogen and oxygen atoms in total. The number of hydrogen-bond donors (Lipinski definition) is 0. The molecule has 4 saturated carbocycles. The molecule has 0 aromatic rings. The van der Waals surface area contributed by atoms with Crippen molar-refractivity contribution in [1.29, 1.82) is 0 Å². The minimum Gasteiger partial charge on any atom is -0.378 e. The molecule has 92 valence electrons. The Labute approximate surface area is 97.4 Å². The monoisotopic (exact) mass is 226 g/mol. The van der Waals surface area contributed by atoms with Crippen LogP contribution in [-0.2, 0) is 14.2 Å². The summed E-state index contributed by atoms with van der Waals surface area (Å²) in [7, 11) is 5.46. The summed E-state index contributed by atoms with van der Waals surface area (Å²) in [5.74, 6) is 1.55. The third-order valence-corrected chi connectivity index (χ3v) is 5.34. The van der Waals surface area contributed by atoms with E-state index in [4.69, 9.17) is 14.2 Å². The maximum atomic E-state index is 5.82. The van der Waals surface area contributed by atoms with Gasteiger partial charge in [0.2, 0.25) is 0 Å². The third-order valence-electron chi connectivity index (χ3n) is 5.34. The zero-order chi connectivity index (χ0) is 11.4. The molecule has 16 heavy (non-hydrogen) atoms. The van der Waals surface area contributed by atoms with Crippen LogP contribution in [0.3, 0.4) is 0 Å². The number of rotatable bonds is 3. The zero-order valence-corrected chi connectivity index (χ0v) is 10.5. The van der Waals surface area contributed by atoms with Crippen LogP contribution in [0.2, 0.25) is 0 Å². The number of ether oxygens (including phenoxy) is 3. The Morgan fingerprint density at radius 1 is 0.812 bits per heavy atom. The fraction of sp³-hybridized carbons (Fsp3) is 1.00. The van der Waals surface area contributed by atoms with Gasteiger partial charge in [-0.15, -0.1) is 0 Å². The summed E-state index contributed by atoms with van der Waals surface area (Å²) in [6, 6.07) is 0. The maximum absolute atomic E-state index is 5.82. The van der Waals surface area contributed by atoms with Gasteiger partial charge < -0.3 is 14.2 Å². The average Bonchev–Trinajstić information content (AvgIpc) is 2.30. The van der Waals surface area contributed by atoms with Crippen LogP contribution >= 0.6 is 0 Å². The molecule has 0 aliphatic heterocycles. The van der Waals surface area contributed by atoms with Gasteiger partial charge in [-0.05, 0) is 38.0 Å². The van der Waals surface area contributed by atoms with Crippen LogP contribution in [0.4, 0.5) is 0 Å². The molecule has 4 aliphatic carbocycles. The van der Waals surface area contributed by atoms with Crippen LogP contribution in [0, 0.1) is 17.8 Å². The largest absolute Gasteiger partial charge is 0.378 e. The van der Waals surface area contributed by atoms with E-state index in [1.807, 2.05) is 7.11 Å². The predicted octanol–water partition coefficient (Wildman–Crippen LogP) is 2.20. The van der Waals surface area contributed by atoms with Gasteiger partial charge in [0, 0.05) is 33.2 Å². The van der Waals surface area contributed by atoms with Gasteiger partial charge in [0.25, 0.3) is 0 Å². The SMILES string of the molecule is COC12CC3C[C@H](C1)C(OC)(OC)[C@@H](C3)C2. The normalized spacial score (nSPS) is 48.6. The lowest BCUT2D eigenvalue weighted by Gasteiger charge is -2.63. The van der Waals surface area contributed by atoms with Crippen molar-refractivity contribution in [3.05, 3.63) is 0 Å². The fourth-order valence-corrected chi connectivity index (χ4v) is 4.85. The second-order valence-corrected chi connectivity index (χ2v) is 5.86. The molecule has 3 heteroatoms. The van der Waals surface area contributed by atoms with Crippen LogP contribution in [0.15, 0.2) is 0 Å². The molecule has 0 aromatic carbocycles. The molecule has 4 atom stereocenters. The van der Waals surface area contributed by atoms with Crippen LogP contribution in [0.5, 0.6) is 0 Å². The first-order chi connectivity index (χ1) is 7.68. The Hall–Kier alpha value is -0.120. The van der Waals surface area contributed by atoms with E-state index in [0.717, 1.165) is 18.8 Å². The van der Waals surface area contributed by atoms with Gasteiger partial charge in [-0.1, -0.05) is 0 Å². The first kappa shape index (κ1) is 11.0. The second kappa shape index (κ2) is 3.44. The summed E-state index contributed by atoms with van der Waals surface area (Å²) >= 11 is 0. The molecular formula is C13H22O3. The first-order valence-corrected chi connectivity index (χ1v) is 6.33. The Balaban J connectivity index is 1.95. The molecule has 0 heterocycles. The molecule has 0 saturated heterocycles. The van der Waals surface area contributed by atoms with E-state index in [1.165, 1.54) is 19.3 Å². The van der Waals surface area contributed by atoms with Crippen LogP contribution in [0.1, 0.15) is 32.1 Å². The Morgan fingerprint density at radius 2 is 1.38 bits per heavy atom. The van der Waals surface area contributed by atoms with Gasteiger partial charge in [-0.25, -0.2) is 0 Å². The number of hydrogen-bond acceptors (Lipinski definition) is 3. The third kappa shape index (κ3) is 1.20. The Morgan fingerprint density at radius 3 is 1.81 bits per heavy atom. The molecule has 4 bridgehead atoms. The summed E-state index contributed by atoms with van der Waals surface area (Å²) in [6.45, 7) is 0. The van der Waals surface area contributed by atoms with E-state index >= 15 is 0 Å². The van der Waals surface area contributed by atoms with Gasteiger partial charge in [-0.2, -0.15) is 0 Å². The lowest BCUT2D eigenvalue weighted by atomic mass is 9.51. The standard InChI is InChI=1S/C13H22O3/c1-14-12-6-9-4-10(7-12)13(15-2,16-3)11(5-9)8-12/h9-11H,4-8H2,1-3H3/t9?,10-,11+,12?. The van der Waals surface area contributed by atoms with Crippen molar-refractivity contribution in [1.82, 2.24) is 0 Å². The van der Waals surface area contributed by atoms with Gasteiger partial charge in [0.05, 0.1) is 5.60 Å². The fourth-order valence-electron chi connectivity index (χ4n) is 4.85. The highest BCUT2D eigenvalue weighted by molar-refractivity contribution is 5.10. The maximum Gasteiger partial charge on any atom is 0.173 e. The van der Waals surface area contributed by atoms with E-state index in [2.05, 4.69) is 0 Å². The van der Waals surface area contributed by atoms with Crippen molar-refractivity contribution in [3.8, 4) is 0 Å². The molecule has 0 N–H and O–H groups in total. The van der Waals surface area contributed by atoms with E-state index in [0.29, 0.717) is 11.8 Å². The highest BCUT2D eigenvalue weighted by Crippen LogP contribution is 2.62. The zero-order valence-electron chi connectivity index (χ0n) is 10.5. The van der Waals surface area contributed by atoms with Crippen molar-refractivity contribution in [2.75, 3.05) is 21.3 Å². The summed E-state index contributed by atoms with van der Waals surface area (Å²) in [5, 5.41) is 0. The highest BCUT2D eigenvalue weighted by atomic mass is 16.7. The molecule has 4 aliphatic rings. The van der Waals surface area contributed by atoms with Crippen LogP contribution in [0.25, 0.3) is 0 Å². The quantitative estimate of drug-likeness (QED) is 0.690. The lowest BCUT2D eigenvalue weighted by molar-refractivity contribution is -0.341. The predicted molar refractivity (Wildman–Crippen MR) is 60.0 cm³/mol. The minimum atomic E-state index is -0.320. The summed E-state index contributed by atoms with van der Waals surface area (Å²) in [4.78, 5) is 0. The molecule has 0 radical (unpaired) electrons. The van der Waals surface area contributed by atoms with E-state index in [9.17, 15) is 0 Å². The van der Waals surface area contributed by atoms with Crippen molar-refractivity contribution in [3.63, 3.8) is 0 Å². The van der Waals surface area contributed by atoms with Crippen LogP contribution in [-0.4, -0.2) is 32.7 Å². The van der Waals surface area contributed by atoms with E-state index < -0.39 is 0 Å². The summed E-state index contributed by atoms with van der Waals surface area (Å²) in [6.07, 6.45) is 5.98. The molecular weight excluding hydrogens is 204 g/mol. The van der Waals surface area contributed by atoms with Crippen molar-refractivity contribution < 1.29 is 14.2 Å². The van der Waals surface area contributed by atoms with Crippen LogP contribution < -0.4 is 0 Å². The summed E-state index contributed by atoms with van der Waals surface area (Å²) < 4.78 is 17.4. The molecule has 2 unspecified atom stereocenters. The highest BCUT2D eigenvalue weighted by Gasteiger charge is 2.63. The summed E-state index contributed by atoms with van der Waals surface area (Å²) in [5.41, 5.74) is 0.136. The molecule has 0 aromatic heterocycles. The van der Waals surface area contributed by atoms with Crippen molar-refractivity contribution >= 4 is 0 Å². The van der Waals surface area contributed by atoms with Gasteiger partial charge in [-0.3, -0.25) is 0 Å². The average molecular weight is 226 g/mol. The molecule has 4 fully saturated rings. The number of methoxy groups -OCH3 is 3. The lowest BCUT2D eigenvalue weighted by Crippen LogP contribution is -2.65. The second-order valence-electron chi connectivity index (χ2n) is 5.86. The van der Waals surface area contributed by atoms with Gasteiger partial charge >= 0.3 is 0 Å².